The number of nitrogens with one attached hydrogen (secondary N) is 1. The van der Waals surface area contributed by atoms with Gasteiger partial charge in [0, 0.05) is 32.2 Å². The first-order chi connectivity index (χ1) is 10.6. The molecule has 5 heteroatoms. The molecular weight excluding hydrogens is 280 g/mol. The Kier molecular flexibility index (Phi) is 5.69. The molecule has 1 heterocycles. The van der Waals surface area contributed by atoms with Gasteiger partial charge in [0.15, 0.2) is 11.5 Å². The van der Waals surface area contributed by atoms with Crippen LogP contribution in [0.1, 0.15) is 24.9 Å². The van der Waals surface area contributed by atoms with Crippen LogP contribution in [-0.4, -0.2) is 50.4 Å². The van der Waals surface area contributed by atoms with E-state index < -0.39 is 0 Å². The Morgan fingerprint density at radius 3 is 2.27 bits per heavy atom. The number of hydrogen-bond acceptors (Lipinski definition) is 5. The van der Waals surface area contributed by atoms with Crippen molar-refractivity contribution in [1.29, 1.82) is 0 Å². The minimum atomic E-state index is 0.0446. The number of ether oxygens (including phenoxy) is 2. The Labute approximate surface area is 132 Å². The van der Waals surface area contributed by atoms with Crippen LogP contribution >= 0.6 is 0 Å². The molecule has 1 fully saturated rings. The van der Waals surface area contributed by atoms with Crippen molar-refractivity contribution in [1.82, 2.24) is 10.2 Å². The van der Waals surface area contributed by atoms with E-state index in [0.717, 1.165) is 43.7 Å². The third-order valence-electron chi connectivity index (χ3n) is 4.02. The van der Waals surface area contributed by atoms with Gasteiger partial charge >= 0.3 is 0 Å². The molecule has 1 atom stereocenters. The summed E-state index contributed by atoms with van der Waals surface area (Å²) in [5, 5.41) is 13.5. The third-order valence-corrected chi connectivity index (χ3v) is 4.02. The highest BCUT2D eigenvalue weighted by Gasteiger charge is 2.24. The second kappa shape index (κ2) is 7.51. The summed E-state index contributed by atoms with van der Waals surface area (Å²) >= 11 is 0. The lowest BCUT2D eigenvalue weighted by Crippen LogP contribution is -2.45. The van der Waals surface area contributed by atoms with E-state index in [1.807, 2.05) is 19.1 Å². The molecule has 0 saturated carbocycles. The van der Waals surface area contributed by atoms with Crippen LogP contribution in [0.3, 0.4) is 0 Å². The number of aromatic hydroxyl groups is 1. The molecule has 0 bridgehead atoms. The number of benzene rings is 1. The number of phenolic OH excluding ortho intramolecular Hbond substituents is 1. The monoisotopic (exact) mass is 306 g/mol. The molecule has 2 N–H and O–H groups in total. The average molecular weight is 306 g/mol. The van der Waals surface area contributed by atoms with E-state index in [1.54, 1.807) is 14.2 Å². The third kappa shape index (κ3) is 3.72. The van der Waals surface area contributed by atoms with Gasteiger partial charge in [0.1, 0.15) is 0 Å². The van der Waals surface area contributed by atoms with Gasteiger partial charge in [0.05, 0.1) is 14.2 Å². The van der Waals surface area contributed by atoms with E-state index in [0.29, 0.717) is 11.5 Å². The van der Waals surface area contributed by atoms with Crippen molar-refractivity contribution in [2.24, 2.45) is 0 Å². The fourth-order valence-electron chi connectivity index (χ4n) is 2.89. The Bertz CT molecular complexity index is 500. The molecule has 0 unspecified atom stereocenters. The quantitative estimate of drug-likeness (QED) is 0.790. The Morgan fingerprint density at radius 1 is 1.27 bits per heavy atom. The van der Waals surface area contributed by atoms with Gasteiger partial charge < -0.3 is 19.9 Å². The van der Waals surface area contributed by atoms with Crippen LogP contribution in [0, 0.1) is 0 Å². The van der Waals surface area contributed by atoms with Gasteiger partial charge in [-0.3, -0.25) is 4.90 Å². The lowest BCUT2D eigenvalue weighted by atomic mass is 9.97. The molecule has 5 nitrogen and oxygen atoms in total. The van der Waals surface area contributed by atoms with Gasteiger partial charge in [-0.15, -0.1) is 6.58 Å². The number of rotatable bonds is 6. The van der Waals surface area contributed by atoms with Gasteiger partial charge in [0.2, 0.25) is 5.75 Å². The van der Waals surface area contributed by atoms with Crippen LogP contribution in [0.5, 0.6) is 17.2 Å². The zero-order valence-electron chi connectivity index (χ0n) is 13.7. The highest BCUT2D eigenvalue weighted by molar-refractivity contribution is 5.53. The van der Waals surface area contributed by atoms with E-state index in [-0.39, 0.29) is 11.8 Å². The van der Waals surface area contributed by atoms with Crippen molar-refractivity contribution in [2.45, 2.75) is 19.4 Å². The first kappa shape index (κ1) is 16.6. The molecule has 0 aromatic heterocycles. The van der Waals surface area contributed by atoms with E-state index in [1.165, 1.54) is 0 Å². The lowest BCUT2D eigenvalue weighted by molar-refractivity contribution is 0.171. The molecule has 1 aliphatic heterocycles. The van der Waals surface area contributed by atoms with Crippen LogP contribution in [0.25, 0.3) is 0 Å². The fourth-order valence-corrected chi connectivity index (χ4v) is 2.89. The zero-order valence-corrected chi connectivity index (χ0v) is 13.7. The second-order valence-electron chi connectivity index (χ2n) is 5.74. The predicted octanol–water partition coefficient (Wildman–Crippen LogP) is 2.32. The van der Waals surface area contributed by atoms with Crippen molar-refractivity contribution in [3.8, 4) is 17.2 Å². The van der Waals surface area contributed by atoms with Crippen LogP contribution in [0.2, 0.25) is 0 Å². The molecule has 1 aromatic carbocycles. The lowest BCUT2D eigenvalue weighted by Gasteiger charge is -2.35. The van der Waals surface area contributed by atoms with E-state index in [2.05, 4.69) is 16.8 Å². The van der Waals surface area contributed by atoms with Gasteiger partial charge in [-0.1, -0.05) is 5.57 Å². The summed E-state index contributed by atoms with van der Waals surface area (Å²) in [5.41, 5.74) is 2.21. The molecule has 1 aliphatic rings. The van der Waals surface area contributed by atoms with Crippen molar-refractivity contribution >= 4 is 0 Å². The minimum absolute atomic E-state index is 0.0446. The maximum atomic E-state index is 10.1. The summed E-state index contributed by atoms with van der Waals surface area (Å²) in [6.07, 6.45) is 0.872. The van der Waals surface area contributed by atoms with Crippen LogP contribution in [-0.2, 0) is 0 Å². The molecule has 22 heavy (non-hydrogen) atoms. The van der Waals surface area contributed by atoms with Crippen molar-refractivity contribution in [2.75, 3.05) is 40.4 Å². The summed E-state index contributed by atoms with van der Waals surface area (Å²) in [6.45, 7) is 10.1. The molecule has 122 valence electrons. The Morgan fingerprint density at radius 2 is 1.82 bits per heavy atom. The number of hydrogen-bond donors (Lipinski definition) is 2. The van der Waals surface area contributed by atoms with Crippen LogP contribution in [0.15, 0.2) is 24.3 Å². The molecule has 1 aromatic rings. The molecule has 2 rings (SSSR count). The largest absolute Gasteiger partial charge is 0.502 e. The van der Waals surface area contributed by atoms with Gasteiger partial charge in [-0.05, 0) is 31.0 Å². The Hall–Kier alpha value is -1.72. The molecule has 0 amide bonds. The maximum absolute atomic E-state index is 10.1. The summed E-state index contributed by atoms with van der Waals surface area (Å²) in [6, 6.07) is 4.00. The smallest absolute Gasteiger partial charge is 0.200 e. The maximum Gasteiger partial charge on any atom is 0.200 e. The molecule has 0 aliphatic carbocycles. The number of piperazine rings is 1. The zero-order chi connectivity index (χ0) is 16.1. The minimum Gasteiger partial charge on any atom is -0.502 e. The van der Waals surface area contributed by atoms with E-state index in [4.69, 9.17) is 9.47 Å². The summed E-state index contributed by atoms with van der Waals surface area (Å²) in [4.78, 5) is 2.44. The van der Waals surface area contributed by atoms with Crippen LogP contribution < -0.4 is 14.8 Å². The first-order valence-electron chi connectivity index (χ1n) is 7.60. The SMILES string of the molecule is C=C(C)C[C@H](c1cc(OC)c(O)c(OC)c1)N1CCNCC1. The van der Waals surface area contributed by atoms with Crippen molar-refractivity contribution in [3.05, 3.63) is 29.8 Å². The topological polar surface area (TPSA) is 54.0 Å². The van der Waals surface area contributed by atoms with E-state index >= 15 is 0 Å². The highest BCUT2D eigenvalue weighted by atomic mass is 16.5. The predicted molar refractivity (Wildman–Crippen MR) is 87.8 cm³/mol. The van der Waals surface area contributed by atoms with Gasteiger partial charge in [0.25, 0.3) is 0 Å². The number of methoxy groups -OCH3 is 2. The standard InChI is InChI=1S/C17H26N2O3/c1-12(2)9-14(19-7-5-18-6-8-19)13-10-15(21-3)17(20)16(11-13)22-4/h10-11,14,18,20H,1,5-9H2,2-4H3/t14-/m1/s1. The van der Waals surface area contributed by atoms with E-state index in [9.17, 15) is 5.11 Å². The highest BCUT2D eigenvalue weighted by Crippen LogP contribution is 2.41. The summed E-state index contributed by atoms with van der Waals surface area (Å²) in [7, 11) is 3.10. The summed E-state index contributed by atoms with van der Waals surface area (Å²) in [5.74, 6) is 0.926. The average Bonchev–Trinajstić information content (AvgIpc) is 2.53. The van der Waals surface area contributed by atoms with Crippen molar-refractivity contribution < 1.29 is 14.6 Å². The molecule has 1 saturated heterocycles. The van der Waals surface area contributed by atoms with Crippen LogP contribution in [0.4, 0.5) is 0 Å². The molecule has 0 radical (unpaired) electrons. The summed E-state index contributed by atoms with van der Waals surface area (Å²) < 4.78 is 10.6. The van der Waals surface area contributed by atoms with Gasteiger partial charge in [-0.2, -0.15) is 0 Å². The number of nitrogens with zero attached hydrogens (tertiary/aromatic N) is 1. The molecule has 0 spiro atoms. The fraction of sp³-hybridized carbons (Fsp3) is 0.529. The molecular formula is C17H26N2O3. The number of phenols is 1. The normalized spacial score (nSPS) is 17.0. The second-order valence-corrected chi connectivity index (χ2v) is 5.74. The van der Waals surface area contributed by atoms with Gasteiger partial charge in [-0.25, -0.2) is 0 Å². The van der Waals surface area contributed by atoms with Crippen molar-refractivity contribution in [3.63, 3.8) is 0 Å². The first-order valence-corrected chi connectivity index (χ1v) is 7.60. The Balaban J connectivity index is 2.39.